The van der Waals surface area contributed by atoms with Crippen LogP contribution in [0.15, 0.2) is 23.2 Å². The number of guanidine groups is 1. The van der Waals surface area contributed by atoms with E-state index in [9.17, 15) is 8.78 Å². The molecule has 0 heterocycles. The average molecular weight is 383 g/mol. The van der Waals surface area contributed by atoms with Crippen molar-refractivity contribution in [3.63, 3.8) is 0 Å². The van der Waals surface area contributed by atoms with Gasteiger partial charge in [0.1, 0.15) is 0 Å². The molecule has 0 fully saturated rings. The van der Waals surface area contributed by atoms with Gasteiger partial charge < -0.3 is 10.6 Å². The average Bonchev–Trinajstić information content (AvgIpc) is 2.32. The van der Waals surface area contributed by atoms with Crippen molar-refractivity contribution >= 4 is 29.9 Å². The van der Waals surface area contributed by atoms with Gasteiger partial charge in [-0.3, -0.25) is 4.99 Å². The molecule has 19 heavy (non-hydrogen) atoms. The van der Waals surface area contributed by atoms with Crippen molar-refractivity contribution in [3.8, 4) is 0 Å². The van der Waals surface area contributed by atoms with Gasteiger partial charge in [0.2, 0.25) is 0 Å². The highest BCUT2D eigenvalue weighted by atomic mass is 127. The van der Waals surface area contributed by atoms with Gasteiger partial charge >= 0.3 is 0 Å². The van der Waals surface area contributed by atoms with Crippen LogP contribution in [0.4, 0.5) is 8.78 Å². The van der Waals surface area contributed by atoms with Gasteiger partial charge in [0.15, 0.2) is 17.6 Å². The van der Waals surface area contributed by atoms with Gasteiger partial charge in [-0.25, -0.2) is 8.78 Å². The molecule has 0 saturated heterocycles. The molecule has 0 aromatic heterocycles. The van der Waals surface area contributed by atoms with Crippen molar-refractivity contribution in [2.45, 2.75) is 26.3 Å². The Morgan fingerprint density at radius 3 is 2.58 bits per heavy atom. The third-order valence-electron chi connectivity index (χ3n) is 2.37. The van der Waals surface area contributed by atoms with Gasteiger partial charge in [-0.2, -0.15) is 0 Å². The van der Waals surface area contributed by atoms with E-state index in [1.807, 2.05) is 13.8 Å². The molecule has 0 radical (unpaired) electrons. The number of nitrogens with one attached hydrogen (secondary N) is 2. The second-order valence-corrected chi connectivity index (χ2v) is 4.26. The van der Waals surface area contributed by atoms with Gasteiger partial charge in [-0.1, -0.05) is 12.1 Å². The summed E-state index contributed by atoms with van der Waals surface area (Å²) in [5, 5.41) is 6.16. The summed E-state index contributed by atoms with van der Waals surface area (Å²) in [5.74, 6) is -0.926. The maximum absolute atomic E-state index is 13.4. The molecule has 2 N–H and O–H groups in total. The van der Waals surface area contributed by atoms with E-state index >= 15 is 0 Å². The third-order valence-corrected chi connectivity index (χ3v) is 2.37. The maximum atomic E-state index is 13.4. The fourth-order valence-corrected chi connectivity index (χ4v) is 1.53. The zero-order valence-corrected chi connectivity index (χ0v) is 13.7. The lowest BCUT2D eigenvalue weighted by molar-refractivity contribution is 0.498. The number of aliphatic imine (C=N–C) groups is 1. The lowest BCUT2D eigenvalue weighted by atomic mass is 10.1. The Hall–Kier alpha value is -0.920. The molecule has 1 rings (SSSR count). The van der Waals surface area contributed by atoms with Crippen LogP contribution in [-0.2, 0) is 6.42 Å². The van der Waals surface area contributed by atoms with E-state index in [2.05, 4.69) is 15.6 Å². The van der Waals surface area contributed by atoms with Crippen LogP contribution in [0, 0.1) is 11.6 Å². The summed E-state index contributed by atoms with van der Waals surface area (Å²) in [6, 6.07) is 4.47. The topological polar surface area (TPSA) is 36.4 Å². The molecule has 0 aliphatic rings. The van der Waals surface area contributed by atoms with Crippen LogP contribution < -0.4 is 10.6 Å². The summed E-state index contributed by atoms with van der Waals surface area (Å²) in [6.07, 6.45) is 0.405. The quantitative estimate of drug-likeness (QED) is 0.477. The van der Waals surface area contributed by atoms with Gasteiger partial charge in [-0.05, 0) is 31.9 Å². The summed E-state index contributed by atoms with van der Waals surface area (Å²) in [6.45, 7) is 4.49. The highest BCUT2D eigenvalue weighted by Gasteiger charge is 2.07. The van der Waals surface area contributed by atoms with Crippen LogP contribution in [0.1, 0.15) is 19.4 Å². The molecule has 6 heteroatoms. The molecule has 0 bridgehead atoms. The molecular formula is C13H20F2IN3. The predicted octanol–water partition coefficient (Wildman–Crippen LogP) is 2.70. The first-order valence-electron chi connectivity index (χ1n) is 5.94. The Morgan fingerprint density at radius 1 is 1.32 bits per heavy atom. The largest absolute Gasteiger partial charge is 0.356 e. The number of halogens is 3. The Bertz CT molecular complexity index is 422. The number of hydrogen-bond acceptors (Lipinski definition) is 1. The molecular weight excluding hydrogens is 363 g/mol. The molecule has 0 spiro atoms. The highest BCUT2D eigenvalue weighted by molar-refractivity contribution is 14.0. The second-order valence-electron chi connectivity index (χ2n) is 4.26. The summed E-state index contributed by atoms with van der Waals surface area (Å²) in [5.41, 5.74) is 0.363. The molecule has 0 amide bonds. The summed E-state index contributed by atoms with van der Waals surface area (Å²) in [7, 11) is 1.67. The van der Waals surface area contributed by atoms with Crippen molar-refractivity contribution in [1.82, 2.24) is 10.6 Å². The van der Waals surface area contributed by atoms with Crippen LogP contribution in [0.2, 0.25) is 0 Å². The van der Waals surface area contributed by atoms with E-state index < -0.39 is 11.6 Å². The van der Waals surface area contributed by atoms with Crippen molar-refractivity contribution < 1.29 is 8.78 Å². The van der Waals surface area contributed by atoms with Gasteiger partial charge in [0.25, 0.3) is 0 Å². The van der Waals surface area contributed by atoms with Crippen LogP contribution in [0.25, 0.3) is 0 Å². The summed E-state index contributed by atoms with van der Waals surface area (Å²) < 4.78 is 26.3. The molecule has 0 aliphatic heterocycles. The maximum Gasteiger partial charge on any atom is 0.191 e. The fraction of sp³-hybridized carbons (Fsp3) is 0.462. The predicted molar refractivity (Wildman–Crippen MR) is 85.1 cm³/mol. The first kappa shape index (κ1) is 18.1. The first-order chi connectivity index (χ1) is 8.54. The molecule has 1 aromatic rings. The molecule has 1 aromatic carbocycles. The lowest BCUT2D eigenvalue weighted by Gasteiger charge is -2.14. The Balaban J connectivity index is 0.00000324. The number of hydrogen-bond donors (Lipinski definition) is 2. The fourth-order valence-electron chi connectivity index (χ4n) is 1.53. The SMILES string of the molecule is CN=C(NCCc1cccc(F)c1F)NC(C)C.I. The van der Waals surface area contributed by atoms with Gasteiger partial charge in [0.05, 0.1) is 0 Å². The van der Waals surface area contributed by atoms with E-state index in [-0.39, 0.29) is 30.0 Å². The van der Waals surface area contributed by atoms with Gasteiger partial charge in [0, 0.05) is 19.6 Å². The van der Waals surface area contributed by atoms with Crippen LogP contribution in [0.3, 0.4) is 0 Å². The summed E-state index contributed by atoms with van der Waals surface area (Å²) >= 11 is 0. The Kier molecular flexibility index (Phi) is 8.62. The van der Waals surface area contributed by atoms with Crippen molar-refractivity contribution in [3.05, 3.63) is 35.4 Å². The Labute approximate surface area is 129 Å². The first-order valence-corrected chi connectivity index (χ1v) is 5.94. The van der Waals surface area contributed by atoms with Crippen molar-refractivity contribution in [1.29, 1.82) is 0 Å². The van der Waals surface area contributed by atoms with E-state index in [4.69, 9.17) is 0 Å². The van der Waals surface area contributed by atoms with E-state index in [0.717, 1.165) is 6.07 Å². The molecule has 0 aliphatic carbocycles. The smallest absolute Gasteiger partial charge is 0.191 e. The molecule has 0 atom stereocenters. The monoisotopic (exact) mass is 383 g/mol. The zero-order valence-electron chi connectivity index (χ0n) is 11.3. The zero-order chi connectivity index (χ0) is 13.5. The molecule has 3 nitrogen and oxygen atoms in total. The number of rotatable bonds is 4. The van der Waals surface area contributed by atoms with E-state index in [1.165, 1.54) is 6.07 Å². The standard InChI is InChI=1S/C13H19F2N3.HI/c1-9(2)18-13(16-3)17-8-7-10-5-4-6-11(14)12(10)15;/h4-6,9H,7-8H2,1-3H3,(H2,16,17,18);1H. The minimum Gasteiger partial charge on any atom is -0.356 e. The van der Waals surface area contributed by atoms with E-state index in [0.29, 0.717) is 24.5 Å². The molecule has 108 valence electrons. The normalized spacial score (nSPS) is 11.2. The van der Waals surface area contributed by atoms with E-state index in [1.54, 1.807) is 13.1 Å². The highest BCUT2D eigenvalue weighted by Crippen LogP contribution is 2.11. The van der Waals surface area contributed by atoms with Crippen LogP contribution in [-0.4, -0.2) is 25.6 Å². The minimum absolute atomic E-state index is 0. The van der Waals surface area contributed by atoms with Crippen molar-refractivity contribution in [2.75, 3.05) is 13.6 Å². The van der Waals surface area contributed by atoms with Crippen LogP contribution >= 0.6 is 24.0 Å². The number of benzene rings is 1. The minimum atomic E-state index is -0.808. The van der Waals surface area contributed by atoms with Gasteiger partial charge in [-0.15, -0.1) is 24.0 Å². The lowest BCUT2D eigenvalue weighted by Crippen LogP contribution is -2.41. The van der Waals surface area contributed by atoms with Crippen LogP contribution in [0.5, 0.6) is 0 Å². The molecule has 0 unspecified atom stereocenters. The Morgan fingerprint density at radius 2 is 2.00 bits per heavy atom. The third kappa shape index (κ3) is 6.17. The number of nitrogens with zero attached hydrogens (tertiary/aromatic N) is 1. The summed E-state index contributed by atoms with van der Waals surface area (Å²) in [4.78, 5) is 4.03. The second kappa shape index (κ2) is 9.06. The molecule has 0 saturated carbocycles. The van der Waals surface area contributed by atoms with Crippen molar-refractivity contribution in [2.24, 2.45) is 4.99 Å².